The highest BCUT2D eigenvalue weighted by atomic mass is 16.6. The van der Waals surface area contributed by atoms with Gasteiger partial charge in [-0.25, -0.2) is 9.59 Å². The molecule has 0 unspecified atom stereocenters. The van der Waals surface area contributed by atoms with Gasteiger partial charge in [-0.05, 0) is 32.4 Å². The largest absolute Gasteiger partial charge is 0.455 e. The molecule has 3 rings (SSSR count). The molecule has 0 aliphatic heterocycles. The van der Waals surface area contributed by atoms with E-state index in [1.165, 1.54) is 10.8 Å². The molecule has 144 valence electrons. The van der Waals surface area contributed by atoms with Crippen molar-refractivity contribution in [2.45, 2.75) is 33.0 Å². The topological polar surface area (TPSA) is 74.6 Å². The van der Waals surface area contributed by atoms with E-state index < -0.39 is 23.4 Å². The number of ether oxygens (including phenoxy) is 2. The molecule has 0 amide bonds. The van der Waals surface area contributed by atoms with Gasteiger partial charge in [-0.15, -0.1) is 0 Å². The maximum Gasteiger partial charge on any atom is 0.419 e. The van der Waals surface area contributed by atoms with Crippen LogP contribution in [0.3, 0.4) is 0 Å². The van der Waals surface area contributed by atoms with Crippen LogP contribution in [0, 0.1) is 0 Å². The van der Waals surface area contributed by atoms with Crippen LogP contribution < -0.4 is 0 Å². The zero-order valence-electron chi connectivity index (χ0n) is 16.0. The number of hydrogen-bond acceptors (Lipinski definition) is 5. The Bertz CT molecular complexity index is 1030. The maximum absolute atomic E-state index is 12.7. The molecule has 0 aliphatic carbocycles. The highest BCUT2D eigenvalue weighted by Crippen LogP contribution is 2.23. The molecule has 0 atom stereocenters. The third-order valence-corrected chi connectivity index (χ3v) is 3.94. The SMILES string of the molecule is CC(C)(C)OC(=O)n1cc(C(=O)C(=O)OCc2ccccc2)c2ccccc21. The monoisotopic (exact) mass is 379 g/mol. The lowest BCUT2D eigenvalue weighted by Crippen LogP contribution is -2.26. The van der Waals surface area contributed by atoms with Crippen LogP contribution in [0.4, 0.5) is 4.79 Å². The van der Waals surface area contributed by atoms with Gasteiger partial charge in [0.1, 0.15) is 12.2 Å². The van der Waals surface area contributed by atoms with E-state index in [2.05, 4.69) is 0 Å². The Kier molecular flexibility index (Phi) is 5.31. The fourth-order valence-corrected chi connectivity index (χ4v) is 2.72. The predicted molar refractivity (Wildman–Crippen MR) is 104 cm³/mol. The van der Waals surface area contributed by atoms with Crippen LogP contribution in [-0.2, 0) is 20.9 Å². The molecule has 3 aromatic rings. The third-order valence-electron chi connectivity index (χ3n) is 3.94. The fourth-order valence-electron chi connectivity index (χ4n) is 2.72. The summed E-state index contributed by atoms with van der Waals surface area (Å²) in [4.78, 5) is 37.4. The van der Waals surface area contributed by atoms with Crippen molar-refractivity contribution in [1.29, 1.82) is 0 Å². The zero-order chi connectivity index (χ0) is 20.3. The minimum atomic E-state index is -0.976. The molecule has 0 saturated carbocycles. The van der Waals surface area contributed by atoms with E-state index in [4.69, 9.17) is 9.47 Å². The first kappa shape index (κ1) is 19.4. The molecular weight excluding hydrogens is 358 g/mol. The Morgan fingerprint density at radius 3 is 2.25 bits per heavy atom. The number of esters is 1. The first-order valence-corrected chi connectivity index (χ1v) is 8.85. The molecule has 0 spiro atoms. The van der Waals surface area contributed by atoms with Crippen LogP contribution in [0.2, 0.25) is 0 Å². The van der Waals surface area contributed by atoms with Crippen molar-refractivity contribution in [1.82, 2.24) is 4.57 Å². The number of carbonyl (C=O) groups is 3. The van der Waals surface area contributed by atoms with E-state index in [0.717, 1.165) is 5.56 Å². The van der Waals surface area contributed by atoms with Gasteiger partial charge in [0, 0.05) is 11.6 Å². The number of para-hydroxylation sites is 1. The molecule has 0 aliphatic rings. The Labute approximate surface area is 162 Å². The second-order valence-electron chi connectivity index (χ2n) is 7.30. The molecule has 2 aromatic carbocycles. The van der Waals surface area contributed by atoms with Crippen LogP contribution in [0.15, 0.2) is 60.8 Å². The van der Waals surface area contributed by atoms with E-state index >= 15 is 0 Å². The molecule has 6 nitrogen and oxygen atoms in total. The second kappa shape index (κ2) is 7.68. The number of Topliss-reactive ketones (excluding diaryl/α,β-unsaturated/α-hetero) is 1. The first-order valence-electron chi connectivity index (χ1n) is 8.85. The Morgan fingerprint density at radius 1 is 0.929 bits per heavy atom. The van der Waals surface area contributed by atoms with Crippen molar-refractivity contribution in [3.8, 4) is 0 Å². The summed E-state index contributed by atoms with van der Waals surface area (Å²) in [6.45, 7) is 5.26. The van der Waals surface area contributed by atoms with E-state index in [-0.39, 0.29) is 12.2 Å². The van der Waals surface area contributed by atoms with Crippen LogP contribution >= 0.6 is 0 Å². The summed E-state index contributed by atoms with van der Waals surface area (Å²) in [5.74, 6) is -1.79. The van der Waals surface area contributed by atoms with Crippen LogP contribution in [0.1, 0.15) is 36.7 Å². The molecule has 0 fully saturated rings. The van der Waals surface area contributed by atoms with Gasteiger partial charge < -0.3 is 9.47 Å². The summed E-state index contributed by atoms with van der Waals surface area (Å²) in [5.41, 5.74) is 0.664. The number of nitrogens with zero attached hydrogens (tertiary/aromatic N) is 1. The number of hydrogen-bond donors (Lipinski definition) is 0. The van der Waals surface area contributed by atoms with E-state index in [1.54, 1.807) is 57.2 Å². The summed E-state index contributed by atoms with van der Waals surface area (Å²) in [6, 6.07) is 15.9. The van der Waals surface area contributed by atoms with Crippen LogP contribution in [0.5, 0.6) is 0 Å². The average Bonchev–Trinajstić information content (AvgIpc) is 3.05. The molecule has 0 N–H and O–H groups in total. The second-order valence-corrected chi connectivity index (χ2v) is 7.30. The van der Waals surface area contributed by atoms with Crippen molar-refractivity contribution in [3.63, 3.8) is 0 Å². The normalized spacial score (nSPS) is 11.2. The smallest absolute Gasteiger partial charge is 0.419 e. The van der Waals surface area contributed by atoms with Crippen molar-refractivity contribution in [3.05, 3.63) is 71.9 Å². The van der Waals surface area contributed by atoms with E-state index in [1.807, 2.05) is 18.2 Å². The van der Waals surface area contributed by atoms with E-state index in [0.29, 0.717) is 10.9 Å². The van der Waals surface area contributed by atoms with Crippen molar-refractivity contribution >= 4 is 28.7 Å². The predicted octanol–water partition coefficient (Wildman–Crippen LogP) is 4.35. The lowest BCUT2D eigenvalue weighted by Gasteiger charge is -2.19. The van der Waals surface area contributed by atoms with Gasteiger partial charge in [0.2, 0.25) is 0 Å². The van der Waals surface area contributed by atoms with Gasteiger partial charge in [0.05, 0.1) is 11.1 Å². The quantitative estimate of drug-likeness (QED) is 0.383. The molecule has 0 radical (unpaired) electrons. The minimum absolute atomic E-state index is 0.00385. The van der Waals surface area contributed by atoms with Crippen molar-refractivity contribution in [2.75, 3.05) is 0 Å². The number of ketones is 1. The van der Waals surface area contributed by atoms with E-state index in [9.17, 15) is 14.4 Å². The Balaban J connectivity index is 1.87. The molecular formula is C22H21NO5. The molecule has 1 heterocycles. The molecule has 6 heteroatoms. The Hall–Kier alpha value is -3.41. The molecule has 0 bridgehead atoms. The summed E-state index contributed by atoms with van der Waals surface area (Å²) < 4.78 is 11.8. The first-order chi connectivity index (χ1) is 13.3. The van der Waals surface area contributed by atoms with Gasteiger partial charge >= 0.3 is 12.1 Å². The lowest BCUT2D eigenvalue weighted by atomic mass is 10.1. The number of carbonyl (C=O) groups excluding carboxylic acids is 3. The third kappa shape index (κ3) is 4.28. The van der Waals surface area contributed by atoms with Crippen LogP contribution in [-0.4, -0.2) is 28.0 Å². The molecule has 1 aromatic heterocycles. The summed E-state index contributed by atoms with van der Waals surface area (Å²) in [5, 5.41) is 0.482. The zero-order valence-corrected chi connectivity index (χ0v) is 16.0. The lowest BCUT2D eigenvalue weighted by molar-refractivity contribution is -0.139. The highest BCUT2D eigenvalue weighted by Gasteiger charge is 2.26. The number of rotatable bonds is 4. The average molecular weight is 379 g/mol. The Morgan fingerprint density at radius 2 is 1.57 bits per heavy atom. The van der Waals surface area contributed by atoms with Crippen molar-refractivity contribution < 1.29 is 23.9 Å². The van der Waals surface area contributed by atoms with Gasteiger partial charge in [0.15, 0.2) is 0 Å². The van der Waals surface area contributed by atoms with Crippen LogP contribution in [0.25, 0.3) is 10.9 Å². The summed E-state index contributed by atoms with van der Waals surface area (Å²) in [7, 11) is 0. The number of benzene rings is 2. The fraction of sp³-hybridized carbons (Fsp3) is 0.227. The molecule has 28 heavy (non-hydrogen) atoms. The summed E-state index contributed by atoms with van der Waals surface area (Å²) >= 11 is 0. The van der Waals surface area contributed by atoms with Gasteiger partial charge in [0.25, 0.3) is 5.78 Å². The molecule has 0 saturated heterocycles. The van der Waals surface area contributed by atoms with Gasteiger partial charge in [-0.2, -0.15) is 0 Å². The van der Waals surface area contributed by atoms with Crippen molar-refractivity contribution in [2.24, 2.45) is 0 Å². The standard InChI is InChI=1S/C22H21NO5/c1-22(2,3)28-21(26)23-13-17(16-11-7-8-12-18(16)23)19(24)20(25)27-14-15-9-5-4-6-10-15/h4-13H,14H2,1-3H3. The highest BCUT2D eigenvalue weighted by molar-refractivity contribution is 6.43. The number of aromatic nitrogens is 1. The summed E-state index contributed by atoms with van der Waals surface area (Å²) in [6.07, 6.45) is 0.700. The van der Waals surface area contributed by atoms with Gasteiger partial charge in [-0.3, -0.25) is 9.36 Å². The number of fused-ring (bicyclic) bond motifs is 1. The maximum atomic E-state index is 12.7. The minimum Gasteiger partial charge on any atom is -0.455 e. The van der Waals surface area contributed by atoms with Gasteiger partial charge in [-0.1, -0.05) is 48.5 Å².